The van der Waals surface area contributed by atoms with E-state index in [1.807, 2.05) is 24.3 Å². The number of amides is 2. The quantitative estimate of drug-likeness (QED) is 0.887. The molecule has 0 saturated carbocycles. The van der Waals surface area contributed by atoms with Crippen LogP contribution in [-0.2, 0) is 17.9 Å². The molecule has 1 aliphatic heterocycles. The summed E-state index contributed by atoms with van der Waals surface area (Å²) in [4.78, 5) is 28.4. The first-order valence-corrected chi connectivity index (χ1v) is 8.50. The van der Waals surface area contributed by atoms with E-state index in [4.69, 9.17) is 4.74 Å². The molecule has 1 aliphatic rings. The van der Waals surface area contributed by atoms with E-state index in [0.717, 1.165) is 11.3 Å². The lowest BCUT2D eigenvalue weighted by molar-refractivity contribution is -0.135. The highest BCUT2D eigenvalue weighted by Crippen LogP contribution is 2.17. The lowest BCUT2D eigenvalue weighted by Crippen LogP contribution is -2.51. The average Bonchev–Trinajstić information content (AvgIpc) is 2.69. The predicted molar refractivity (Wildman–Crippen MR) is 96.7 cm³/mol. The van der Waals surface area contributed by atoms with Crippen LogP contribution in [0.15, 0.2) is 48.5 Å². The van der Waals surface area contributed by atoms with Gasteiger partial charge in [-0.3, -0.25) is 9.59 Å². The topological polar surface area (TPSA) is 70.1 Å². The maximum atomic E-state index is 12.6. The fourth-order valence-electron chi connectivity index (χ4n) is 3.03. The van der Waals surface area contributed by atoms with Crippen molar-refractivity contribution in [2.45, 2.75) is 13.2 Å². The molecule has 6 nitrogen and oxygen atoms in total. The zero-order chi connectivity index (χ0) is 18.5. The molecule has 136 valence electrons. The molecule has 6 heteroatoms. The number of nitrogens with zero attached hydrogens (tertiary/aromatic N) is 2. The smallest absolute Gasteiger partial charge is 0.254 e. The molecule has 1 saturated heterocycles. The second kappa shape index (κ2) is 8.01. The molecular weight excluding hydrogens is 332 g/mol. The SMILES string of the molecule is COc1cccc(CN2CCN(C(=O)c3cccc(CO)c3)CC2=O)c1. The molecule has 1 fully saturated rings. The molecule has 0 unspecified atom stereocenters. The normalized spacial score (nSPS) is 14.5. The summed E-state index contributed by atoms with van der Waals surface area (Å²) >= 11 is 0. The average molecular weight is 354 g/mol. The number of benzene rings is 2. The summed E-state index contributed by atoms with van der Waals surface area (Å²) in [5, 5.41) is 9.21. The predicted octanol–water partition coefficient (Wildman–Crippen LogP) is 1.67. The van der Waals surface area contributed by atoms with Gasteiger partial charge in [0.25, 0.3) is 5.91 Å². The monoisotopic (exact) mass is 354 g/mol. The van der Waals surface area contributed by atoms with Crippen molar-refractivity contribution in [1.82, 2.24) is 9.80 Å². The number of aliphatic hydroxyl groups excluding tert-OH is 1. The lowest BCUT2D eigenvalue weighted by atomic mass is 10.1. The molecule has 26 heavy (non-hydrogen) atoms. The van der Waals surface area contributed by atoms with Crippen LogP contribution in [0.3, 0.4) is 0 Å². The first-order chi connectivity index (χ1) is 12.6. The summed E-state index contributed by atoms with van der Waals surface area (Å²) in [5.41, 5.74) is 2.16. The number of hydrogen-bond donors (Lipinski definition) is 1. The second-order valence-corrected chi connectivity index (χ2v) is 6.25. The van der Waals surface area contributed by atoms with Crippen LogP contribution >= 0.6 is 0 Å². The van der Waals surface area contributed by atoms with Crippen molar-refractivity contribution in [2.24, 2.45) is 0 Å². The Balaban J connectivity index is 1.64. The summed E-state index contributed by atoms with van der Waals surface area (Å²) in [7, 11) is 1.61. The van der Waals surface area contributed by atoms with Gasteiger partial charge in [-0.05, 0) is 35.4 Å². The number of carbonyl (C=O) groups excluding carboxylic acids is 2. The van der Waals surface area contributed by atoms with Crippen LogP contribution in [-0.4, -0.2) is 53.5 Å². The van der Waals surface area contributed by atoms with Gasteiger partial charge in [0.2, 0.25) is 5.91 Å². The van der Waals surface area contributed by atoms with E-state index in [9.17, 15) is 14.7 Å². The van der Waals surface area contributed by atoms with Crippen molar-refractivity contribution >= 4 is 11.8 Å². The van der Waals surface area contributed by atoms with Crippen molar-refractivity contribution in [1.29, 1.82) is 0 Å². The molecule has 0 aliphatic carbocycles. The Labute approximate surface area is 152 Å². The van der Waals surface area contributed by atoms with E-state index in [1.54, 1.807) is 41.2 Å². The van der Waals surface area contributed by atoms with E-state index >= 15 is 0 Å². The van der Waals surface area contributed by atoms with E-state index < -0.39 is 0 Å². The largest absolute Gasteiger partial charge is 0.497 e. The summed E-state index contributed by atoms with van der Waals surface area (Å²) in [6, 6.07) is 14.5. The third kappa shape index (κ3) is 4.03. The van der Waals surface area contributed by atoms with Gasteiger partial charge in [0.1, 0.15) is 12.3 Å². The fraction of sp³-hybridized carbons (Fsp3) is 0.300. The molecule has 3 rings (SSSR count). The number of methoxy groups -OCH3 is 1. The minimum atomic E-state index is -0.185. The standard InChI is InChI=1S/C20H22N2O4/c1-26-18-7-3-4-15(11-18)12-21-8-9-22(13-19(21)24)20(25)17-6-2-5-16(10-17)14-23/h2-7,10-11,23H,8-9,12-14H2,1H3. The number of rotatable bonds is 5. The first kappa shape index (κ1) is 17.9. The minimum Gasteiger partial charge on any atom is -0.497 e. The molecule has 2 aromatic rings. The Morgan fingerprint density at radius 2 is 1.88 bits per heavy atom. The molecular formula is C20H22N2O4. The van der Waals surface area contributed by atoms with Gasteiger partial charge in [-0.15, -0.1) is 0 Å². The van der Waals surface area contributed by atoms with Gasteiger partial charge < -0.3 is 19.6 Å². The Kier molecular flexibility index (Phi) is 5.53. The Morgan fingerprint density at radius 3 is 2.62 bits per heavy atom. The van der Waals surface area contributed by atoms with Crippen LogP contribution < -0.4 is 4.74 Å². The van der Waals surface area contributed by atoms with Gasteiger partial charge in [-0.25, -0.2) is 0 Å². The minimum absolute atomic E-state index is 0.0617. The Hall–Kier alpha value is -2.86. The van der Waals surface area contributed by atoms with Crippen molar-refractivity contribution < 1.29 is 19.4 Å². The maximum Gasteiger partial charge on any atom is 0.254 e. The highest BCUT2D eigenvalue weighted by atomic mass is 16.5. The third-order valence-electron chi connectivity index (χ3n) is 4.47. The molecule has 2 aromatic carbocycles. The van der Waals surface area contributed by atoms with Crippen molar-refractivity contribution in [3.05, 3.63) is 65.2 Å². The number of piperazine rings is 1. The van der Waals surface area contributed by atoms with Crippen LogP contribution in [0.1, 0.15) is 21.5 Å². The van der Waals surface area contributed by atoms with Crippen molar-refractivity contribution in [3.8, 4) is 5.75 Å². The van der Waals surface area contributed by atoms with Gasteiger partial charge in [-0.1, -0.05) is 24.3 Å². The van der Waals surface area contributed by atoms with Crippen LogP contribution in [0.4, 0.5) is 0 Å². The third-order valence-corrected chi connectivity index (χ3v) is 4.47. The van der Waals surface area contributed by atoms with Gasteiger partial charge in [-0.2, -0.15) is 0 Å². The summed E-state index contributed by atoms with van der Waals surface area (Å²) in [6.45, 7) is 1.41. The molecule has 2 amide bonds. The highest BCUT2D eigenvalue weighted by molar-refractivity contribution is 5.97. The van der Waals surface area contributed by atoms with Crippen LogP contribution in [0, 0.1) is 0 Å². The van der Waals surface area contributed by atoms with Gasteiger partial charge in [0, 0.05) is 25.2 Å². The number of aliphatic hydroxyl groups is 1. The zero-order valence-corrected chi connectivity index (χ0v) is 14.7. The molecule has 0 radical (unpaired) electrons. The van der Waals surface area contributed by atoms with E-state index in [-0.39, 0.29) is 25.0 Å². The Bertz CT molecular complexity index is 806. The number of carbonyl (C=O) groups is 2. The van der Waals surface area contributed by atoms with E-state index in [0.29, 0.717) is 30.8 Å². The lowest BCUT2D eigenvalue weighted by Gasteiger charge is -2.34. The van der Waals surface area contributed by atoms with Gasteiger partial charge in [0.05, 0.1) is 13.7 Å². The van der Waals surface area contributed by atoms with E-state index in [2.05, 4.69) is 0 Å². The Morgan fingerprint density at radius 1 is 1.12 bits per heavy atom. The molecule has 0 aromatic heterocycles. The van der Waals surface area contributed by atoms with Gasteiger partial charge >= 0.3 is 0 Å². The summed E-state index contributed by atoms with van der Waals surface area (Å²) in [5.74, 6) is 0.493. The summed E-state index contributed by atoms with van der Waals surface area (Å²) in [6.07, 6.45) is 0. The van der Waals surface area contributed by atoms with Gasteiger partial charge in [0.15, 0.2) is 0 Å². The van der Waals surface area contributed by atoms with Crippen LogP contribution in [0.5, 0.6) is 5.75 Å². The molecule has 0 atom stereocenters. The van der Waals surface area contributed by atoms with Crippen molar-refractivity contribution in [2.75, 3.05) is 26.7 Å². The molecule has 1 heterocycles. The van der Waals surface area contributed by atoms with Crippen LogP contribution in [0.2, 0.25) is 0 Å². The fourth-order valence-corrected chi connectivity index (χ4v) is 3.03. The van der Waals surface area contributed by atoms with E-state index in [1.165, 1.54) is 0 Å². The number of hydrogen-bond acceptors (Lipinski definition) is 4. The zero-order valence-electron chi connectivity index (χ0n) is 14.7. The summed E-state index contributed by atoms with van der Waals surface area (Å²) < 4.78 is 5.21. The number of ether oxygens (including phenoxy) is 1. The van der Waals surface area contributed by atoms with Crippen molar-refractivity contribution in [3.63, 3.8) is 0 Å². The molecule has 0 bridgehead atoms. The van der Waals surface area contributed by atoms with Crippen LogP contribution in [0.25, 0.3) is 0 Å². The maximum absolute atomic E-state index is 12.6. The molecule has 0 spiro atoms. The first-order valence-electron chi connectivity index (χ1n) is 8.50. The second-order valence-electron chi connectivity index (χ2n) is 6.25. The highest BCUT2D eigenvalue weighted by Gasteiger charge is 2.27. The molecule has 1 N–H and O–H groups in total.